The fourth-order valence-corrected chi connectivity index (χ4v) is 10.1. The SMILES string of the molecule is c1ccc(-c2cccc(-c3ccccc3N(c3ccccc3)c3ccc4c(c3)C3(c5ccccc5-c5ccccc53)c3cccc5c6ccccc6n-4c35)c2)cc1. The molecule has 1 aliphatic heterocycles. The van der Waals surface area contributed by atoms with Gasteiger partial charge in [-0.1, -0.05) is 170 Å². The molecule has 1 aromatic heterocycles. The van der Waals surface area contributed by atoms with Gasteiger partial charge in [-0.15, -0.1) is 0 Å². The van der Waals surface area contributed by atoms with E-state index in [1.165, 1.54) is 83.1 Å². The highest BCUT2D eigenvalue weighted by atomic mass is 15.1. The van der Waals surface area contributed by atoms with E-state index in [9.17, 15) is 0 Å². The van der Waals surface area contributed by atoms with Gasteiger partial charge in [0, 0.05) is 27.7 Å². The van der Waals surface area contributed by atoms with Crippen LogP contribution < -0.4 is 4.90 Å². The Morgan fingerprint density at radius 1 is 0.351 bits per heavy atom. The molecule has 266 valence electrons. The van der Waals surface area contributed by atoms with Crippen LogP contribution in [-0.4, -0.2) is 4.57 Å². The van der Waals surface area contributed by atoms with Crippen molar-refractivity contribution in [2.75, 3.05) is 4.90 Å². The van der Waals surface area contributed by atoms with Gasteiger partial charge in [-0.05, 0) is 98.6 Å². The lowest BCUT2D eigenvalue weighted by Crippen LogP contribution is -2.33. The number of anilines is 3. The van der Waals surface area contributed by atoms with E-state index in [-0.39, 0.29) is 0 Å². The summed E-state index contributed by atoms with van der Waals surface area (Å²) in [5, 5.41) is 2.57. The molecule has 0 saturated carbocycles. The molecule has 2 aliphatic rings. The fourth-order valence-electron chi connectivity index (χ4n) is 10.1. The molecule has 10 aromatic rings. The normalized spacial score (nSPS) is 13.1. The second-order valence-corrected chi connectivity index (χ2v) is 15.2. The molecule has 2 heterocycles. The van der Waals surface area contributed by atoms with Crippen LogP contribution in [0.25, 0.3) is 60.9 Å². The zero-order valence-electron chi connectivity index (χ0n) is 31.2. The van der Waals surface area contributed by atoms with E-state index in [1.807, 2.05) is 0 Å². The summed E-state index contributed by atoms with van der Waals surface area (Å²) in [6, 6.07) is 80.5. The zero-order valence-corrected chi connectivity index (χ0v) is 31.2. The van der Waals surface area contributed by atoms with Gasteiger partial charge < -0.3 is 9.47 Å². The lowest BCUT2D eigenvalue weighted by atomic mass is 9.65. The van der Waals surface area contributed by atoms with Crippen LogP contribution in [0.5, 0.6) is 0 Å². The zero-order chi connectivity index (χ0) is 37.5. The van der Waals surface area contributed by atoms with E-state index in [1.54, 1.807) is 0 Å². The van der Waals surface area contributed by atoms with Crippen molar-refractivity contribution in [3.8, 4) is 39.1 Å². The molecule has 2 heteroatoms. The largest absolute Gasteiger partial charge is 0.310 e. The third-order valence-electron chi connectivity index (χ3n) is 12.4. The van der Waals surface area contributed by atoms with E-state index in [2.05, 4.69) is 228 Å². The molecule has 0 fully saturated rings. The third kappa shape index (κ3) is 4.47. The van der Waals surface area contributed by atoms with Crippen LogP contribution in [0, 0.1) is 0 Å². The molecule has 0 N–H and O–H groups in total. The minimum Gasteiger partial charge on any atom is -0.310 e. The minimum absolute atomic E-state index is 0.533. The van der Waals surface area contributed by atoms with Gasteiger partial charge in [-0.3, -0.25) is 0 Å². The summed E-state index contributed by atoms with van der Waals surface area (Å²) in [6.45, 7) is 0. The summed E-state index contributed by atoms with van der Waals surface area (Å²) < 4.78 is 2.53. The first-order chi connectivity index (χ1) is 28.3. The van der Waals surface area contributed by atoms with Gasteiger partial charge in [0.05, 0.1) is 27.8 Å². The fraction of sp³-hybridized carbons (Fsp3) is 0.0182. The Labute approximate surface area is 332 Å². The van der Waals surface area contributed by atoms with E-state index >= 15 is 0 Å². The van der Waals surface area contributed by atoms with E-state index in [0.717, 1.165) is 17.1 Å². The van der Waals surface area contributed by atoms with Crippen molar-refractivity contribution in [1.82, 2.24) is 4.57 Å². The predicted octanol–water partition coefficient (Wildman–Crippen LogP) is 14.3. The van der Waals surface area contributed by atoms with E-state index < -0.39 is 5.41 Å². The van der Waals surface area contributed by atoms with Gasteiger partial charge in [-0.2, -0.15) is 0 Å². The average Bonchev–Trinajstić information content (AvgIpc) is 3.78. The number of aromatic nitrogens is 1. The molecule has 0 unspecified atom stereocenters. The van der Waals surface area contributed by atoms with Gasteiger partial charge in [0.1, 0.15) is 0 Å². The Hall–Kier alpha value is -7.42. The smallest absolute Gasteiger partial charge is 0.0755 e. The van der Waals surface area contributed by atoms with Crippen molar-refractivity contribution in [2.24, 2.45) is 0 Å². The van der Waals surface area contributed by atoms with E-state index in [0.29, 0.717) is 0 Å². The van der Waals surface area contributed by atoms with Crippen molar-refractivity contribution in [3.05, 3.63) is 241 Å². The van der Waals surface area contributed by atoms with Crippen molar-refractivity contribution >= 4 is 38.9 Å². The van der Waals surface area contributed by atoms with Gasteiger partial charge >= 0.3 is 0 Å². The maximum Gasteiger partial charge on any atom is 0.0755 e. The Morgan fingerprint density at radius 2 is 0.930 bits per heavy atom. The topological polar surface area (TPSA) is 8.17 Å². The monoisotopic (exact) mass is 724 g/mol. The molecular formula is C55H36N2. The van der Waals surface area contributed by atoms with Gasteiger partial charge in [0.15, 0.2) is 0 Å². The number of benzene rings is 9. The second-order valence-electron chi connectivity index (χ2n) is 15.2. The lowest BCUT2D eigenvalue weighted by Gasteiger charge is -2.40. The molecular weight excluding hydrogens is 689 g/mol. The molecule has 9 aromatic carbocycles. The number of para-hydroxylation sites is 4. The highest BCUT2D eigenvalue weighted by Crippen LogP contribution is 2.61. The Balaban J connectivity index is 1.17. The average molecular weight is 725 g/mol. The van der Waals surface area contributed by atoms with Crippen LogP contribution in [0.1, 0.15) is 22.3 Å². The number of hydrogen-bond donors (Lipinski definition) is 0. The predicted molar refractivity (Wildman–Crippen MR) is 237 cm³/mol. The lowest BCUT2D eigenvalue weighted by molar-refractivity contribution is 0.748. The first-order valence-corrected chi connectivity index (χ1v) is 19.8. The van der Waals surface area contributed by atoms with Crippen LogP contribution in [-0.2, 0) is 5.41 Å². The summed E-state index contributed by atoms with van der Waals surface area (Å²) in [6.07, 6.45) is 0. The summed E-state index contributed by atoms with van der Waals surface area (Å²) >= 11 is 0. The molecule has 0 atom stereocenters. The van der Waals surface area contributed by atoms with Crippen molar-refractivity contribution in [2.45, 2.75) is 5.41 Å². The molecule has 2 nitrogen and oxygen atoms in total. The van der Waals surface area contributed by atoms with Crippen LogP contribution in [0.15, 0.2) is 218 Å². The molecule has 12 rings (SSSR count). The molecule has 0 amide bonds. The van der Waals surface area contributed by atoms with Crippen LogP contribution in [0.2, 0.25) is 0 Å². The molecule has 0 saturated heterocycles. The summed E-state index contributed by atoms with van der Waals surface area (Å²) in [7, 11) is 0. The Kier molecular flexibility index (Phi) is 6.88. The first kappa shape index (κ1) is 31.9. The van der Waals surface area contributed by atoms with Crippen molar-refractivity contribution in [1.29, 1.82) is 0 Å². The Bertz CT molecular complexity index is 3150. The van der Waals surface area contributed by atoms with Crippen molar-refractivity contribution < 1.29 is 0 Å². The standard InChI is InChI=1S/C55H36N2/c1-3-17-37(18-4-1)38-19-15-20-39(35-38)42-23-9-13-31-51(42)56(40-21-5-2-6-22-40)41-33-34-53-50(36-41)55(47-28-11-7-24-43(47)44-25-8-12-29-48(44)55)49-30-16-27-46-45-26-10-14-32-52(45)57(53)54(46)49/h1-36H. The van der Waals surface area contributed by atoms with Crippen molar-refractivity contribution in [3.63, 3.8) is 0 Å². The van der Waals surface area contributed by atoms with E-state index in [4.69, 9.17) is 0 Å². The molecule has 57 heavy (non-hydrogen) atoms. The van der Waals surface area contributed by atoms with Gasteiger partial charge in [0.25, 0.3) is 0 Å². The minimum atomic E-state index is -0.533. The quantitative estimate of drug-likeness (QED) is 0.172. The summed E-state index contributed by atoms with van der Waals surface area (Å²) in [5.74, 6) is 0. The van der Waals surface area contributed by atoms with Crippen LogP contribution in [0.4, 0.5) is 17.1 Å². The second kappa shape index (κ2) is 12.3. The van der Waals surface area contributed by atoms with Gasteiger partial charge in [0.2, 0.25) is 0 Å². The third-order valence-corrected chi connectivity index (χ3v) is 12.4. The first-order valence-electron chi connectivity index (χ1n) is 19.8. The molecule has 0 radical (unpaired) electrons. The summed E-state index contributed by atoms with van der Waals surface area (Å²) in [4.78, 5) is 2.45. The molecule has 0 bridgehead atoms. The van der Waals surface area contributed by atoms with Crippen LogP contribution in [0.3, 0.4) is 0 Å². The maximum atomic E-state index is 2.53. The van der Waals surface area contributed by atoms with Gasteiger partial charge in [-0.25, -0.2) is 0 Å². The molecule has 1 spiro atoms. The number of fused-ring (bicyclic) bond motifs is 12. The molecule has 1 aliphatic carbocycles. The summed E-state index contributed by atoms with van der Waals surface area (Å²) in [5.41, 5.74) is 19.2. The number of hydrogen-bond acceptors (Lipinski definition) is 1. The highest BCUT2D eigenvalue weighted by Gasteiger charge is 2.51. The maximum absolute atomic E-state index is 2.53. The number of nitrogens with zero attached hydrogens (tertiary/aromatic N) is 2. The highest BCUT2D eigenvalue weighted by molar-refractivity contribution is 6.13. The Morgan fingerprint density at radius 3 is 1.72 bits per heavy atom. The number of rotatable bonds is 5. The van der Waals surface area contributed by atoms with Crippen LogP contribution >= 0.6 is 0 Å².